The number of hydrogen-bond acceptors (Lipinski definition) is 6. The van der Waals surface area contributed by atoms with Gasteiger partial charge in [0.15, 0.2) is 0 Å². The number of carbonyl (C=O) groups is 1. The van der Waals surface area contributed by atoms with E-state index in [0.29, 0.717) is 38.8 Å². The number of rotatable bonds is 3. The van der Waals surface area contributed by atoms with Gasteiger partial charge in [-0.25, -0.2) is 4.98 Å². The fourth-order valence-electron chi connectivity index (χ4n) is 4.10. The first-order valence-corrected chi connectivity index (χ1v) is 9.26. The minimum atomic E-state index is -0.305. The molecule has 2 aromatic rings. The van der Waals surface area contributed by atoms with E-state index in [-0.39, 0.29) is 17.6 Å². The smallest absolute Gasteiger partial charge is 0.254 e. The molecule has 0 bridgehead atoms. The quantitative estimate of drug-likeness (QED) is 0.826. The molecule has 2 saturated heterocycles. The van der Waals surface area contributed by atoms with Crippen molar-refractivity contribution < 1.29 is 19.0 Å². The molecule has 0 radical (unpaired) electrons. The molecule has 27 heavy (non-hydrogen) atoms. The Balaban J connectivity index is 1.22. The molecule has 1 atom stereocenters. The zero-order valence-corrected chi connectivity index (χ0v) is 15.0. The van der Waals surface area contributed by atoms with Gasteiger partial charge in [-0.15, -0.1) is 0 Å². The Morgan fingerprint density at radius 3 is 2.96 bits per heavy atom. The standard InChI is InChI=1S/C20H21N3O4/c24-19(14-1-2-15-10-25-11-16(15)7-14)23-12-20(13-23)8-17(3-6-26-20)27-18-9-21-4-5-22-18/h1-2,4-5,7,9,17H,3,6,8,10-13H2. The number of hydrogen-bond donors (Lipinski definition) is 0. The van der Waals surface area contributed by atoms with Crippen molar-refractivity contribution in [2.24, 2.45) is 0 Å². The lowest BCUT2D eigenvalue weighted by atomic mass is 9.84. The third-order valence-corrected chi connectivity index (χ3v) is 5.49. The molecule has 5 rings (SSSR count). The Labute approximate surface area is 157 Å². The molecular weight excluding hydrogens is 346 g/mol. The van der Waals surface area contributed by atoms with Gasteiger partial charge in [0.25, 0.3) is 5.91 Å². The molecule has 1 spiro atoms. The first-order valence-electron chi connectivity index (χ1n) is 9.26. The third-order valence-electron chi connectivity index (χ3n) is 5.49. The van der Waals surface area contributed by atoms with Gasteiger partial charge in [0.05, 0.1) is 39.1 Å². The first kappa shape index (κ1) is 16.6. The summed E-state index contributed by atoms with van der Waals surface area (Å²) >= 11 is 0. The fourth-order valence-corrected chi connectivity index (χ4v) is 4.10. The third kappa shape index (κ3) is 3.17. The molecule has 3 aliphatic rings. The highest BCUT2D eigenvalue weighted by atomic mass is 16.5. The zero-order valence-electron chi connectivity index (χ0n) is 15.0. The van der Waals surface area contributed by atoms with Crippen molar-refractivity contribution in [2.75, 3.05) is 19.7 Å². The van der Waals surface area contributed by atoms with Crippen LogP contribution in [0.2, 0.25) is 0 Å². The van der Waals surface area contributed by atoms with Crippen molar-refractivity contribution in [3.05, 3.63) is 53.5 Å². The van der Waals surface area contributed by atoms with Crippen LogP contribution in [0.1, 0.15) is 34.3 Å². The van der Waals surface area contributed by atoms with Gasteiger partial charge in [0, 0.05) is 30.8 Å². The van der Waals surface area contributed by atoms with E-state index in [2.05, 4.69) is 9.97 Å². The number of fused-ring (bicyclic) bond motifs is 1. The van der Waals surface area contributed by atoms with E-state index in [0.717, 1.165) is 24.0 Å². The molecule has 0 aliphatic carbocycles. The van der Waals surface area contributed by atoms with Crippen LogP contribution in [-0.2, 0) is 22.7 Å². The van der Waals surface area contributed by atoms with E-state index in [1.165, 1.54) is 5.56 Å². The number of likely N-dealkylation sites (tertiary alicyclic amines) is 1. The number of benzene rings is 1. The molecular formula is C20H21N3O4. The topological polar surface area (TPSA) is 73.8 Å². The van der Waals surface area contributed by atoms with Gasteiger partial charge in [0.2, 0.25) is 5.88 Å². The summed E-state index contributed by atoms with van der Waals surface area (Å²) in [6.45, 7) is 3.05. The lowest BCUT2D eigenvalue weighted by molar-refractivity contribution is -0.174. The summed E-state index contributed by atoms with van der Waals surface area (Å²) in [6.07, 6.45) is 6.47. The Morgan fingerprint density at radius 2 is 2.11 bits per heavy atom. The van der Waals surface area contributed by atoms with Crippen LogP contribution in [0.5, 0.6) is 5.88 Å². The minimum Gasteiger partial charge on any atom is -0.473 e. The second-order valence-corrected chi connectivity index (χ2v) is 7.45. The summed E-state index contributed by atoms with van der Waals surface area (Å²) in [5.74, 6) is 0.586. The zero-order chi connectivity index (χ0) is 18.3. The summed E-state index contributed by atoms with van der Waals surface area (Å²) in [7, 11) is 0. The maximum atomic E-state index is 12.8. The van der Waals surface area contributed by atoms with Gasteiger partial charge in [-0.05, 0) is 23.3 Å². The second-order valence-electron chi connectivity index (χ2n) is 7.45. The van der Waals surface area contributed by atoms with Crippen molar-refractivity contribution in [1.82, 2.24) is 14.9 Å². The Morgan fingerprint density at radius 1 is 1.22 bits per heavy atom. The number of nitrogens with zero attached hydrogens (tertiary/aromatic N) is 3. The number of carbonyl (C=O) groups excluding carboxylic acids is 1. The van der Waals surface area contributed by atoms with Gasteiger partial charge in [-0.1, -0.05) is 6.07 Å². The summed E-state index contributed by atoms with van der Waals surface area (Å²) in [6, 6.07) is 5.84. The average Bonchev–Trinajstić information content (AvgIpc) is 3.14. The Kier molecular flexibility index (Phi) is 4.06. The van der Waals surface area contributed by atoms with E-state index in [9.17, 15) is 4.79 Å². The molecule has 2 fully saturated rings. The van der Waals surface area contributed by atoms with Crippen LogP contribution in [0.25, 0.3) is 0 Å². The van der Waals surface area contributed by atoms with Crippen LogP contribution in [0.4, 0.5) is 0 Å². The maximum Gasteiger partial charge on any atom is 0.254 e. The number of amides is 1. The van der Waals surface area contributed by atoms with Crippen LogP contribution >= 0.6 is 0 Å². The van der Waals surface area contributed by atoms with E-state index in [1.54, 1.807) is 18.6 Å². The monoisotopic (exact) mass is 367 g/mol. The fraction of sp³-hybridized carbons (Fsp3) is 0.450. The molecule has 1 aromatic heterocycles. The van der Waals surface area contributed by atoms with Gasteiger partial charge in [-0.3, -0.25) is 9.78 Å². The molecule has 0 N–H and O–H groups in total. The van der Waals surface area contributed by atoms with Crippen LogP contribution in [0.15, 0.2) is 36.8 Å². The van der Waals surface area contributed by atoms with Crippen LogP contribution in [-0.4, -0.2) is 52.2 Å². The van der Waals surface area contributed by atoms with Crippen molar-refractivity contribution in [1.29, 1.82) is 0 Å². The van der Waals surface area contributed by atoms with Crippen LogP contribution < -0.4 is 4.74 Å². The Bertz CT molecular complexity index is 852. The van der Waals surface area contributed by atoms with Gasteiger partial charge in [-0.2, -0.15) is 0 Å². The van der Waals surface area contributed by atoms with Crippen LogP contribution in [0.3, 0.4) is 0 Å². The van der Waals surface area contributed by atoms with E-state index >= 15 is 0 Å². The second kappa shape index (κ2) is 6.58. The molecule has 1 aromatic carbocycles. The van der Waals surface area contributed by atoms with Crippen molar-refractivity contribution in [2.45, 2.75) is 37.8 Å². The minimum absolute atomic E-state index is 0.0323. The van der Waals surface area contributed by atoms with Gasteiger partial charge >= 0.3 is 0 Å². The van der Waals surface area contributed by atoms with E-state index < -0.39 is 0 Å². The molecule has 3 aliphatic heterocycles. The van der Waals surface area contributed by atoms with Gasteiger partial charge < -0.3 is 19.1 Å². The summed E-state index contributed by atoms with van der Waals surface area (Å²) in [5.41, 5.74) is 2.70. The lowest BCUT2D eigenvalue weighted by Crippen LogP contribution is -2.67. The predicted octanol–water partition coefficient (Wildman–Crippen LogP) is 1.96. The largest absolute Gasteiger partial charge is 0.473 e. The van der Waals surface area contributed by atoms with E-state index in [1.807, 2.05) is 23.1 Å². The highest BCUT2D eigenvalue weighted by molar-refractivity contribution is 5.95. The van der Waals surface area contributed by atoms with Crippen molar-refractivity contribution in [3.63, 3.8) is 0 Å². The van der Waals surface area contributed by atoms with Gasteiger partial charge in [0.1, 0.15) is 11.7 Å². The molecule has 0 saturated carbocycles. The predicted molar refractivity (Wildman–Crippen MR) is 95.2 cm³/mol. The normalized spacial score (nSPS) is 23.0. The molecule has 1 unspecified atom stereocenters. The molecule has 140 valence electrons. The Hall–Kier alpha value is -2.51. The van der Waals surface area contributed by atoms with Crippen molar-refractivity contribution >= 4 is 5.91 Å². The molecule has 7 nitrogen and oxygen atoms in total. The van der Waals surface area contributed by atoms with Crippen LogP contribution in [0, 0.1) is 0 Å². The van der Waals surface area contributed by atoms with E-state index in [4.69, 9.17) is 14.2 Å². The summed E-state index contributed by atoms with van der Waals surface area (Å²) < 4.78 is 17.4. The first-order chi connectivity index (χ1) is 13.2. The molecule has 4 heterocycles. The molecule has 1 amide bonds. The maximum absolute atomic E-state index is 12.8. The number of aromatic nitrogens is 2. The molecule has 7 heteroatoms. The number of ether oxygens (including phenoxy) is 3. The SMILES string of the molecule is O=C(c1ccc2c(c1)COC2)N1CC2(CC(Oc3cnccn3)CCO2)C1. The average molecular weight is 367 g/mol. The van der Waals surface area contributed by atoms with Crippen molar-refractivity contribution in [3.8, 4) is 5.88 Å². The summed E-state index contributed by atoms with van der Waals surface area (Å²) in [4.78, 5) is 22.9. The lowest BCUT2D eigenvalue weighted by Gasteiger charge is -2.52. The highest BCUT2D eigenvalue weighted by Gasteiger charge is 2.50. The summed E-state index contributed by atoms with van der Waals surface area (Å²) in [5, 5.41) is 0. The highest BCUT2D eigenvalue weighted by Crippen LogP contribution is 2.36.